The van der Waals surface area contributed by atoms with Crippen LogP contribution in [0, 0.1) is 0 Å². The fourth-order valence-corrected chi connectivity index (χ4v) is 4.64. The van der Waals surface area contributed by atoms with Crippen LogP contribution < -0.4 is 5.73 Å². The van der Waals surface area contributed by atoms with Crippen LogP contribution in [-0.2, 0) is 15.6 Å². The smallest absolute Gasteiger partial charge is 0.238 e. The van der Waals surface area contributed by atoms with Crippen LogP contribution in [0.15, 0.2) is 22.5 Å². The molecule has 7 heteroatoms. The number of nitrogens with two attached hydrogens (primary N) is 1. The maximum atomic E-state index is 12.6. The summed E-state index contributed by atoms with van der Waals surface area (Å²) in [5.41, 5.74) is 7.15. The number of nitrogens with zero attached hydrogens (tertiary/aromatic N) is 2. The molecule has 114 valence electrons. The lowest BCUT2D eigenvalue weighted by molar-refractivity contribution is -0.129. The lowest BCUT2D eigenvalue weighted by Crippen LogP contribution is -2.39. The second-order valence-electron chi connectivity index (χ2n) is 4.66. The molecule has 2 rings (SSSR count). The summed E-state index contributed by atoms with van der Waals surface area (Å²) in [6.45, 7) is 6.76. The molecule has 0 aliphatic heterocycles. The average molecular weight is 325 g/mol. The van der Waals surface area contributed by atoms with Crippen LogP contribution >= 0.6 is 11.3 Å². The Morgan fingerprint density at radius 1 is 1.43 bits per heavy atom. The van der Waals surface area contributed by atoms with E-state index in [0.29, 0.717) is 23.1 Å². The summed E-state index contributed by atoms with van der Waals surface area (Å²) in [5, 5.41) is -0.595. The van der Waals surface area contributed by atoms with E-state index < -0.39 is 16.0 Å². The van der Waals surface area contributed by atoms with Crippen molar-refractivity contribution in [1.82, 2.24) is 9.88 Å². The number of aromatic nitrogens is 1. The molecule has 0 aliphatic carbocycles. The highest BCUT2D eigenvalue weighted by Gasteiger charge is 2.27. The standard InChI is InChI=1S/C14H19N3O2S2/c1-4-17(5-2)13(18)9(3)21(19)14-16-11-7-6-10(15)8-12(11)20-14/h6-9H,4-5,15H2,1-3H3. The number of thiazole rings is 1. The second kappa shape index (κ2) is 6.53. The van der Waals surface area contributed by atoms with Crippen molar-refractivity contribution in [3.63, 3.8) is 0 Å². The fraction of sp³-hybridized carbons (Fsp3) is 0.429. The minimum absolute atomic E-state index is 0.0999. The summed E-state index contributed by atoms with van der Waals surface area (Å²) in [7, 11) is -1.45. The van der Waals surface area contributed by atoms with Crippen LogP contribution in [0.2, 0.25) is 0 Å². The Balaban J connectivity index is 2.27. The van der Waals surface area contributed by atoms with Crippen LogP contribution in [0.1, 0.15) is 20.8 Å². The molecular weight excluding hydrogens is 306 g/mol. The van der Waals surface area contributed by atoms with E-state index in [-0.39, 0.29) is 5.91 Å². The summed E-state index contributed by atoms with van der Waals surface area (Å²) < 4.78 is 13.9. The third kappa shape index (κ3) is 3.24. The third-order valence-electron chi connectivity index (χ3n) is 3.31. The van der Waals surface area contributed by atoms with Gasteiger partial charge in [0, 0.05) is 18.8 Å². The molecule has 1 aromatic carbocycles. The Morgan fingerprint density at radius 3 is 2.71 bits per heavy atom. The SMILES string of the molecule is CCN(CC)C(=O)C(C)S(=O)c1nc2ccc(N)cc2s1. The number of rotatable bonds is 5. The van der Waals surface area contributed by atoms with Crippen LogP contribution in [0.3, 0.4) is 0 Å². The number of fused-ring (bicyclic) bond motifs is 1. The number of carbonyl (C=O) groups is 1. The normalized spacial score (nSPS) is 14.0. The van der Waals surface area contributed by atoms with Crippen molar-refractivity contribution >= 4 is 43.9 Å². The molecule has 0 fully saturated rings. The fourth-order valence-electron chi connectivity index (χ4n) is 2.04. The molecule has 0 radical (unpaired) electrons. The van der Waals surface area contributed by atoms with E-state index in [1.54, 1.807) is 24.0 Å². The van der Waals surface area contributed by atoms with Gasteiger partial charge in [0.05, 0.1) is 21.0 Å². The van der Waals surface area contributed by atoms with E-state index in [9.17, 15) is 9.00 Å². The third-order valence-corrected chi connectivity index (χ3v) is 6.14. The molecule has 2 atom stereocenters. The Kier molecular flexibility index (Phi) is 4.95. The van der Waals surface area contributed by atoms with Crippen molar-refractivity contribution in [3.8, 4) is 0 Å². The van der Waals surface area contributed by atoms with Crippen LogP contribution in [0.4, 0.5) is 5.69 Å². The van der Waals surface area contributed by atoms with Crippen molar-refractivity contribution in [2.75, 3.05) is 18.8 Å². The van der Waals surface area contributed by atoms with Gasteiger partial charge in [0.2, 0.25) is 5.91 Å². The minimum Gasteiger partial charge on any atom is -0.399 e. The van der Waals surface area contributed by atoms with Crippen molar-refractivity contribution < 1.29 is 9.00 Å². The first-order valence-electron chi connectivity index (χ1n) is 6.83. The average Bonchev–Trinajstić information content (AvgIpc) is 2.89. The zero-order valence-corrected chi connectivity index (χ0v) is 14.0. The maximum absolute atomic E-state index is 12.6. The van der Waals surface area contributed by atoms with Gasteiger partial charge in [-0.15, -0.1) is 11.3 Å². The molecule has 0 aliphatic rings. The first-order valence-corrected chi connectivity index (χ1v) is 8.86. The molecule has 0 saturated carbocycles. The molecule has 1 aromatic heterocycles. The molecule has 0 spiro atoms. The maximum Gasteiger partial charge on any atom is 0.238 e. The van der Waals surface area contributed by atoms with Gasteiger partial charge < -0.3 is 10.6 Å². The Morgan fingerprint density at radius 2 is 2.10 bits per heavy atom. The molecule has 0 bridgehead atoms. The molecule has 5 nitrogen and oxygen atoms in total. The van der Waals surface area contributed by atoms with Gasteiger partial charge in [0.15, 0.2) is 4.34 Å². The van der Waals surface area contributed by atoms with Crippen molar-refractivity contribution in [2.24, 2.45) is 0 Å². The quantitative estimate of drug-likeness (QED) is 0.855. The molecule has 2 N–H and O–H groups in total. The topological polar surface area (TPSA) is 76.3 Å². The number of carbonyl (C=O) groups excluding carboxylic acids is 1. The first-order chi connectivity index (χ1) is 9.97. The predicted octanol–water partition coefficient (Wildman–Crippen LogP) is 2.24. The summed E-state index contributed by atoms with van der Waals surface area (Å²) in [5.74, 6) is -0.0999. The lowest BCUT2D eigenvalue weighted by atomic mass is 10.3. The van der Waals surface area contributed by atoms with E-state index in [1.807, 2.05) is 19.9 Å². The Labute approximate surface area is 130 Å². The predicted molar refractivity (Wildman–Crippen MR) is 87.8 cm³/mol. The number of nitrogen functional groups attached to an aromatic ring is 1. The number of benzene rings is 1. The van der Waals surface area contributed by atoms with Crippen molar-refractivity contribution in [1.29, 1.82) is 0 Å². The number of anilines is 1. The highest BCUT2D eigenvalue weighted by atomic mass is 32.2. The van der Waals surface area contributed by atoms with Gasteiger partial charge in [0.1, 0.15) is 5.25 Å². The molecular formula is C14H19N3O2S2. The molecule has 2 unspecified atom stereocenters. The van der Waals surface area contributed by atoms with Gasteiger partial charge in [-0.2, -0.15) is 0 Å². The van der Waals surface area contributed by atoms with Crippen LogP contribution in [-0.4, -0.2) is 38.3 Å². The monoisotopic (exact) mass is 325 g/mol. The first kappa shape index (κ1) is 15.9. The molecule has 1 amide bonds. The second-order valence-corrected chi connectivity index (χ2v) is 7.63. The number of amides is 1. The minimum atomic E-state index is -1.45. The van der Waals surface area contributed by atoms with Gasteiger partial charge in [-0.1, -0.05) is 0 Å². The molecule has 2 aromatic rings. The summed E-state index contributed by atoms with van der Waals surface area (Å²) in [6, 6.07) is 5.38. The molecule has 1 heterocycles. The zero-order chi connectivity index (χ0) is 15.6. The van der Waals surface area contributed by atoms with Crippen molar-refractivity contribution in [3.05, 3.63) is 18.2 Å². The van der Waals surface area contributed by atoms with E-state index >= 15 is 0 Å². The molecule has 21 heavy (non-hydrogen) atoms. The Hall–Kier alpha value is -1.47. The van der Waals surface area contributed by atoms with Crippen molar-refractivity contribution in [2.45, 2.75) is 30.4 Å². The van der Waals surface area contributed by atoms with E-state index in [4.69, 9.17) is 5.73 Å². The van der Waals surface area contributed by atoms with Gasteiger partial charge in [0.25, 0.3) is 0 Å². The van der Waals surface area contributed by atoms with Gasteiger partial charge in [-0.25, -0.2) is 4.98 Å². The number of hydrogen-bond acceptors (Lipinski definition) is 5. The highest BCUT2D eigenvalue weighted by molar-refractivity contribution is 7.88. The van der Waals surface area contributed by atoms with Crippen LogP contribution in [0.25, 0.3) is 10.2 Å². The summed E-state index contributed by atoms with van der Waals surface area (Å²) >= 11 is 1.33. The van der Waals surface area contributed by atoms with E-state index in [2.05, 4.69) is 4.98 Å². The van der Waals surface area contributed by atoms with Gasteiger partial charge in [-0.3, -0.25) is 9.00 Å². The Bertz CT molecular complexity index is 680. The van der Waals surface area contributed by atoms with E-state index in [0.717, 1.165) is 10.2 Å². The number of hydrogen-bond donors (Lipinski definition) is 1. The lowest BCUT2D eigenvalue weighted by Gasteiger charge is -2.21. The largest absolute Gasteiger partial charge is 0.399 e. The molecule has 0 saturated heterocycles. The highest BCUT2D eigenvalue weighted by Crippen LogP contribution is 2.27. The van der Waals surface area contributed by atoms with E-state index in [1.165, 1.54) is 11.3 Å². The summed E-state index contributed by atoms with van der Waals surface area (Å²) in [6.07, 6.45) is 0. The summed E-state index contributed by atoms with van der Waals surface area (Å²) in [4.78, 5) is 18.3. The zero-order valence-electron chi connectivity index (χ0n) is 12.3. The van der Waals surface area contributed by atoms with Gasteiger partial charge in [-0.05, 0) is 39.0 Å². The van der Waals surface area contributed by atoms with Crippen LogP contribution in [0.5, 0.6) is 0 Å². The van der Waals surface area contributed by atoms with Gasteiger partial charge >= 0.3 is 0 Å².